The Kier molecular flexibility index (Phi) is 4.58. The van der Waals surface area contributed by atoms with Gasteiger partial charge in [0.1, 0.15) is 18.5 Å². The Hall–Kier alpha value is -1.10. The van der Waals surface area contributed by atoms with Crippen molar-refractivity contribution < 1.29 is 19.7 Å². The molecule has 0 spiro atoms. The van der Waals surface area contributed by atoms with Gasteiger partial charge in [-0.2, -0.15) is 0 Å². The van der Waals surface area contributed by atoms with Crippen LogP contribution < -0.4 is 4.74 Å². The summed E-state index contributed by atoms with van der Waals surface area (Å²) in [5, 5.41) is 19.4. The minimum absolute atomic E-state index is 0.197. The molecule has 4 heteroatoms. The zero-order chi connectivity index (χ0) is 13.0. The summed E-state index contributed by atoms with van der Waals surface area (Å²) in [7, 11) is 1.54. The summed E-state index contributed by atoms with van der Waals surface area (Å²) in [4.78, 5) is 0. The summed E-state index contributed by atoms with van der Waals surface area (Å²) in [6.45, 7) is 0.455. The summed E-state index contributed by atoms with van der Waals surface area (Å²) in [5.41, 5.74) is 2.15. The van der Waals surface area contributed by atoms with Crippen molar-refractivity contribution in [2.75, 3.05) is 20.3 Å². The molecule has 0 fully saturated rings. The van der Waals surface area contributed by atoms with Gasteiger partial charge in [-0.1, -0.05) is 6.07 Å². The van der Waals surface area contributed by atoms with Crippen LogP contribution in [0.5, 0.6) is 5.75 Å². The number of aliphatic hydroxyl groups excluding tert-OH is 2. The normalized spacial score (nSPS) is 20.3. The molecule has 0 aromatic heterocycles. The molecule has 2 N–H and O–H groups in total. The molecular formula is C14H20O4. The second kappa shape index (κ2) is 6.18. The Labute approximate surface area is 107 Å². The van der Waals surface area contributed by atoms with Crippen LogP contribution in [0.25, 0.3) is 0 Å². The molecule has 0 bridgehead atoms. The van der Waals surface area contributed by atoms with E-state index in [1.807, 2.05) is 18.2 Å². The number of benzene rings is 1. The first kappa shape index (κ1) is 13.3. The van der Waals surface area contributed by atoms with Crippen LogP contribution in [-0.2, 0) is 11.2 Å². The van der Waals surface area contributed by atoms with Crippen molar-refractivity contribution >= 4 is 0 Å². The number of rotatable bonds is 5. The van der Waals surface area contributed by atoms with Gasteiger partial charge in [0.2, 0.25) is 0 Å². The summed E-state index contributed by atoms with van der Waals surface area (Å²) in [6, 6.07) is 5.75. The largest absolute Gasteiger partial charge is 0.491 e. The number of methoxy groups -OCH3 is 1. The monoisotopic (exact) mass is 252 g/mol. The van der Waals surface area contributed by atoms with Crippen LogP contribution in [0.1, 0.15) is 30.1 Å². The lowest BCUT2D eigenvalue weighted by Gasteiger charge is -2.22. The number of aryl methyl sites for hydroxylation is 1. The highest BCUT2D eigenvalue weighted by Crippen LogP contribution is 2.32. The molecule has 0 saturated carbocycles. The van der Waals surface area contributed by atoms with Crippen LogP contribution >= 0.6 is 0 Å². The lowest BCUT2D eigenvalue weighted by Crippen LogP contribution is -2.22. The zero-order valence-electron chi connectivity index (χ0n) is 10.6. The highest BCUT2D eigenvalue weighted by atomic mass is 16.5. The first-order valence-corrected chi connectivity index (χ1v) is 6.31. The summed E-state index contributed by atoms with van der Waals surface area (Å²) in [5.74, 6) is 0.685. The van der Waals surface area contributed by atoms with Crippen molar-refractivity contribution in [2.45, 2.75) is 31.5 Å². The Morgan fingerprint density at radius 2 is 2.22 bits per heavy atom. The van der Waals surface area contributed by atoms with Crippen LogP contribution in [0, 0.1) is 0 Å². The summed E-state index contributed by atoms with van der Waals surface area (Å²) >= 11 is 0. The van der Waals surface area contributed by atoms with Crippen molar-refractivity contribution in [1.82, 2.24) is 0 Å². The summed E-state index contributed by atoms with van der Waals surface area (Å²) < 4.78 is 10.3. The molecule has 1 unspecified atom stereocenters. The van der Waals surface area contributed by atoms with Gasteiger partial charge >= 0.3 is 0 Å². The van der Waals surface area contributed by atoms with Gasteiger partial charge in [0, 0.05) is 7.11 Å². The lowest BCUT2D eigenvalue weighted by molar-refractivity contribution is 0.0324. The molecule has 4 nitrogen and oxygen atoms in total. The highest BCUT2D eigenvalue weighted by molar-refractivity contribution is 5.38. The lowest BCUT2D eigenvalue weighted by atomic mass is 9.89. The molecule has 1 aromatic rings. The number of ether oxygens (including phenoxy) is 2. The summed E-state index contributed by atoms with van der Waals surface area (Å²) in [6.07, 6.45) is 1.83. The van der Waals surface area contributed by atoms with Gasteiger partial charge in [-0.05, 0) is 42.5 Å². The molecule has 1 aliphatic carbocycles. The van der Waals surface area contributed by atoms with Crippen LogP contribution in [0.4, 0.5) is 0 Å². The predicted molar refractivity (Wildman–Crippen MR) is 67.7 cm³/mol. The van der Waals surface area contributed by atoms with E-state index in [0.717, 1.165) is 24.8 Å². The fourth-order valence-corrected chi connectivity index (χ4v) is 2.27. The quantitative estimate of drug-likeness (QED) is 0.832. The van der Waals surface area contributed by atoms with E-state index < -0.39 is 6.10 Å². The van der Waals surface area contributed by atoms with Crippen molar-refractivity contribution in [2.24, 2.45) is 0 Å². The first-order chi connectivity index (χ1) is 8.70. The maximum atomic E-state index is 9.92. The molecule has 0 aliphatic heterocycles. The third kappa shape index (κ3) is 3.22. The Balaban J connectivity index is 2.00. The number of hydrogen-bond acceptors (Lipinski definition) is 4. The predicted octanol–water partition coefficient (Wildman–Crippen LogP) is 1.44. The van der Waals surface area contributed by atoms with Crippen LogP contribution in [0.2, 0.25) is 0 Å². The fourth-order valence-electron chi connectivity index (χ4n) is 2.27. The minimum atomic E-state index is -0.629. The maximum Gasteiger partial charge on any atom is 0.119 e. The van der Waals surface area contributed by atoms with E-state index in [-0.39, 0.29) is 19.3 Å². The van der Waals surface area contributed by atoms with Gasteiger partial charge < -0.3 is 19.7 Å². The van der Waals surface area contributed by atoms with E-state index in [9.17, 15) is 10.2 Å². The number of aliphatic hydroxyl groups is 2. The molecule has 0 heterocycles. The maximum absolute atomic E-state index is 9.92. The van der Waals surface area contributed by atoms with Gasteiger partial charge in [-0.3, -0.25) is 0 Å². The van der Waals surface area contributed by atoms with Crippen molar-refractivity contribution in [3.63, 3.8) is 0 Å². The topological polar surface area (TPSA) is 58.9 Å². The van der Waals surface area contributed by atoms with Gasteiger partial charge in [-0.15, -0.1) is 0 Å². The van der Waals surface area contributed by atoms with Gasteiger partial charge in [0.05, 0.1) is 12.7 Å². The van der Waals surface area contributed by atoms with E-state index in [4.69, 9.17) is 9.47 Å². The van der Waals surface area contributed by atoms with Crippen molar-refractivity contribution in [1.29, 1.82) is 0 Å². The molecule has 100 valence electrons. The second-order valence-corrected chi connectivity index (χ2v) is 4.69. The number of hydrogen-bond donors (Lipinski definition) is 2. The third-order valence-electron chi connectivity index (χ3n) is 3.20. The van der Waals surface area contributed by atoms with Crippen molar-refractivity contribution in [3.8, 4) is 5.75 Å². The molecule has 2 atom stereocenters. The fraction of sp³-hybridized carbons (Fsp3) is 0.571. The van der Waals surface area contributed by atoms with Gasteiger partial charge in [0.15, 0.2) is 0 Å². The Bertz CT molecular complexity index is 391. The number of fused-ring (bicyclic) bond motifs is 1. The first-order valence-electron chi connectivity index (χ1n) is 6.31. The SMILES string of the molecule is COCC(O)COc1ccc2c(c1)[C@@H](O)CCC2. The molecule has 1 aromatic carbocycles. The third-order valence-corrected chi connectivity index (χ3v) is 3.20. The molecular weight excluding hydrogens is 232 g/mol. The second-order valence-electron chi connectivity index (χ2n) is 4.69. The van der Waals surface area contributed by atoms with Gasteiger partial charge in [-0.25, -0.2) is 0 Å². The molecule has 0 amide bonds. The molecule has 0 radical (unpaired) electrons. The molecule has 1 aliphatic rings. The standard InChI is InChI=1S/C14H20O4/c1-17-8-11(15)9-18-12-6-5-10-3-2-4-14(16)13(10)7-12/h5-7,11,14-16H,2-4,8-9H2,1H3/t11?,14-/m0/s1. The Morgan fingerprint density at radius 3 is 3.00 bits per heavy atom. The molecule has 18 heavy (non-hydrogen) atoms. The Morgan fingerprint density at radius 1 is 1.39 bits per heavy atom. The van der Waals surface area contributed by atoms with Crippen molar-refractivity contribution in [3.05, 3.63) is 29.3 Å². The van der Waals surface area contributed by atoms with Crippen LogP contribution in [-0.4, -0.2) is 36.6 Å². The molecule has 2 rings (SSSR count). The smallest absolute Gasteiger partial charge is 0.119 e. The van der Waals surface area contributed by atoms with E-state index in [0.29, 0.717) is 5.75 Å². The average Bonchev–Trinajstić information content (AvgIpc) is 2.37. The van der Waals surface area contributed by atoms with Crippen LogP contribution in [0.3, 0.4) is 0 Å². The minimum Gasteiger partial charge on any atom is -0.491 e. The van der Waals surface area contributed by atoms with E-state index in [2.05, 4.69) is 0 Å². The van der Waals surface area contributed by atoms with Gasteiger partial charge in [0.25, 0.3) is 0 Å². The van der Waals surface area contributed by atoms with Crippen LogP contribution in [0.15, 0.2) is 18.2 Å². The zero-order valence-corrected chi connectivity index (χ0v) is 10.6. The van der Waals surface area contributed by atoms with E-state index >= 15 is 0 Å². The van der Waals surface area contributed by atoms with E-state index in [1.54, 1.807) is 7.11 Å². The van der Waals surface area contributed by atoms with E-state index in [1.165, 1.54) is 5.56 Å². The average molecular weight is 252 g/mol. The highest BCUT2D eigenvalue weighted by Gasteiger charge is 2.18. The molecule has 0 saturated heterocycles.